The summed E-state index contributed by atoms with van der Waals surface area (Å²) in [5.74, 6) is -0.590. The van der Waals surface area contributed by atoms with Gasteiger partial charge in [-0.25, -0.2) is 4.79 Å². The van der Waals surface area contributed by atoms with Gasteiger partial charge in [-0.3, -0.25) is 0 Å². The number of carbonyl (C=O) groups excluding carboxylic acids is 1. The maximum absolute atomic E-state index is 11.6. The third kappa shape index (κ3) is 6.23. The summed E-state index contributed by atoms with van der Waals surface area (Å²) in [6.45, 7) is 4.19. The van der Waals surface area contributed by atoms with E-state index in [1.807, 2.05) is 74.5 Å². The quantitative estimate of drug-likeness (QED) is 0.857. The van der Waals surface area contributed by atoms with Crippen molar-refractivity contribution in [1.82, 2.24) is 0 Å². The number of aliphatic hydroxyl groups excluding tert-OH is 1. The summed E-state index contributed by atoms with van der Waals surface area (Å²) in [7, 11) is 0. The van der Waals surface area contributed by atoms with Crippen molar-refractivity contribution in [2.75, 3.05) is 0 Å². The monoisotopic (exact) mass is 286 g/mol. The molecule has 1 N–H and O–H groups in total. The van der Waals surface area contributed by atoms with Crippen molar-refractivity contribution in [3.63, 3.8) is 0 Å². The Labute approximate surface area is 126 Å². The Kier molecular flexibility index (Phi) is 7.84. The van der Waals surface area contributed by atoms with Gasteiger partial charge in [0.05, 0.1) is 0 Å². The fourth-order valence-corrected chi connectivity index (χ4v) is 1.75. The molecule has 1 atom stereocenters. The molecule has 0 radical (unpaired) electrons. The summed E-state index contributed by atoms with van der Waals surface area (Å²) >= 11 is 0. The molecule has 0 aliphatic rings. The number of aliphatic hydroxyl groups is 1. The van der Waals surface area contributed by atoms with E-state index in [1.165, 1.54) is 0 Å². The van der Waals surface area contributed by atoms with Gasteiger partial charge < -0.3 is 9.84 Å². The number of hydrogen-bond acceptors (Lipinski definition) is 3. The Morgan fingerprint density at radius 1 is 0.952 bits per heavy atom. The third-order valence-electron chi connectivity index (χ3n) is 2.77. The fourth-order valence-electron chi connectivity index (χ4n) is 1.75. The molecule has 0 fully saturated rings. The second kappa shape index (κ2) is 9.72. The lowest BCUT2D eigenvalue weighted by molar-refractivity contribution is -0.154. The molecule has 0 heterocycles. The standard InChI is InChI=1S/C16H16O3.C2H6/c17-15(11-13-7-3-1-4-8-13)16(18)19-12-14-9-5-2-6-10-14;1-2/h1-10,15,17H,11-12H2;1-2H3. The van der Waals surface area contributed by atoms with Gasteiger partial charge in [0, 0.05) is 6.42 Å². The minimum absolute atomic E-state index is 0.186. The molecule has 1 unspecified atom stereocenters. The molecule has 2 aromatic carbocycles. The van der Waals surface area contributed by atoms with Crippen LogP contribution < -0.4 is 0 Å². The number of ether oxygens (including phenoxy) is 1. The van der Waals surface area contributed by atoms with Gasteiger partial charge in [-0.15, -0.1) is 0 Å². The van der Waals surface area contributed by atoms with Crippen molar-refractivity contribution >= 4 is 5.97 Å². The van der Waals surface area contributed by atoms with Crippen molar-refractivity contribution in [2.45, 2.75) is 33.0 Å². The van der Waals surface area contributed by atoms with Crippen LogP contribution in [0.5, 0.6) is 0 Å². The van der Waals surface area contributed by atoms with Crippen LogP contribution in [0.2, 0.25) is 0 Å². The van der Waals surface area contributed by atoms with Gasteiger partial charge in [-0.2, -0.15) is 0 Å². The van der Waals surface area contributed by atoms with Crippen molar-refractivity contribution in [3.8, 4) is 0 Å². The molecule has 3 heteroatoms. The Morgan fingerprint density at radius 2 is 1.43 bits per heavy atom. The average molecular weight is 286 g/mol. The lowest BCUT2D eigenvalue weighted by Gasteiger charge is -2.10. The highest BCUT2D eigenvalue weighted by Crippen LogP contribution is 2.06. The van der Waals surface area contributed by atoms with Gasteiger partial charge in [0.1, 0.15) is 6.61 Å². The van der Waals surface area contributed by atoms with Crippen molar-refractivity contribution < 1.29 is 14.6 Å². The third-order valence-corrected chi connectivity index (χ3v) is 2.77. The van der Waals surface area contributed by atoms with Crippen LogP contribution >= 0.6 is 0 Å². The number of hydrogen-bond donors (Lipinski definition) is 1. The van der Waals surface area contributed by atoms with Gasteiger partial charge >= 0.3 is 5.97 Å². The van der Waals surface area contributed by atoms with Gasteiger partial charge in [-0.05, 0) is 11.1 Å². The van der Waals surface area contributed by atoms with Crippen LogP contribution in [-0.4, -0.2) is 17.2 Å². The first-order chi connectivity index (χ1) is 10.3. The van der Waals surface area contributed by atoms with E-state index in [0.717, 1.165) is 11.1 Å². The predicted molar refractivity (Wildman–Crippen MR) is 83.7 cm³/mol. The largest absolute Gasteiger partial charge is 0.459 e. The first kappa shape index (κ1) is 16.9. The summed E-state index contributed by atoms with van der Waals surface area (Å²) in [6, 6.07) is 18.8. The van der Waals surface area contributed by atoms with E-state index < -0.39 is 12.1 Å². The molecule has 2 aromatic rings. The van der Waals surface area contributed by atoms with Crippen LogP contribution in [0.25, 0.3) is 0 Å². The van der Waals surface area contributed by atoms with E-state index in [0.29, 0.717) is 0 Å². The number of esters is 1. The van der Waals surface area contributed by atoms with Crippen LogP contribution in [0.15, 0.2) is 60.7 Å². The minimum Gasteiger partial charge on any atom is -0.459 e. The molecule has 21 heavy (non-hydrogen) atoms. The second-order valence-electron chi connectivity index (χ2n) is 4.30. The molecule has 3 nitrogen and oxygen atoms in total. The molecule has 0 aliphatic carbocycles. The molecular formula is C18H22O3. The zero-order valence-electron chi connectivity index (χ0n) is 12.5. The Morgan fingerprint density at radius 3 is 1.95 bits per heavy atom. The summed E-state index contributed by atoms with van der Waals surface area (Å²) in [5, 5.41) is 9.77. The van der Waals surface area contributed by atoms with Gasteiger partial charge in [-0.1, -0.05) is 74.5 Å². The fraction of sp³-hybridized carbons (Fsp3) is 0.278. The molecule has 0 aromatic heterocycles. The number of benzene rings is 2. The maximum atomic E-state index is 11.6. The normalized spacial score (nSPS) is 11.0. The molecular weight excluding hydrogens is 264 g/mol. The van der Waals surface area contributed by atoms with Crippen LogP contribution in [-0.2, 0) is 22.6 Å². The predicted octanol–water partition coefficient (Wildman–Crippen LogP) is 3.36. The molecule has 112 valence electrons. The SMILES string of the molecule is CC.O=C(OCc1ccccc1)C(O)Cc1ccccc1. The topological polar surface area (TPSA) is 46.5 Å². The van der Waals surface area contributed by atoms with E-state index in [4.69, 9.17) is 4.74 Å². The Bertz CT molecular complexity index is 509. The van der Waals surface area contributed by atoms with E-state index in [9.17, 15) is 9.90 Å². The lowest BCUT2D eigenvalue weighted by atomic mass is 10.1. The first-order valence-corrected chi connectivity index (χ1v) is 7.18. The van der Waals surface area contributed by atoms with E-state index in [-0.39, 0.29) is 13.0 Å². The summed E-state index contributed by atoms with van der Waals surface area (Å²) in [6.07, 6.45) is -0.847. The minimum atomic E-state index is -1.12. The van der Waals surface area contributed by atoms with E-state index in [1.54, 1.807) is 0 Å². The van der Waals surface area contributed by atoms with E-state index in [2.05, 4.69) is 0 Å². The van der Waals surface area contributed by atoms with Gasteiger partial charge in [0.15, 0.2) is 6.10 Å². The summed E-state index contributed by atoms with van der Waals surface area (Å²) < 4.78 is 5.07. The lowest BCUT2D eigenvalue weighted by Crippen LogP contribution is -2.25. The van der Waals surface area contributed by atoms with Gasteiger partial charge in [0.25, 0.3) is 0 Å². The molecule has 0 aliphatic heterocycles. The molecule has 0 saturated carbocycles. The second-order valence-corrected chi connectivity index (χ2v) is 4.30. The van der Waals surface area contributed by atoms with Crippen molar-refractivity contribution in [3.05, 3.63) is 71.8 Å². The van der Waals surface area contributed by atoms with Crippen LogP contribution in [0.3, 0.4) is 0 Å². The molecule has 0 bridgehead atoms. The van der Waals surface area contributed by atoms with Crippen LogP contribution in [0.4, 0.5) is 0 Å². The van der Waals surface area contributed by atoms with Gasteiger partial charge in [0.2, 0.25) is 0 Å². The first-order valence-electron chi connectivity index (χ1n) is 7.18. The summed E-state index contributed by atoms with van der Waals surface area (Å²) in [5.41, 5.74) is 1.81. The van der Waals surface area contributed by atoms with E-state index >= 15 is 0 Å². The Balaban J connectivity index is 0.00000106. The average Bonchev–Trinajstić information content (AvgIpc) is 2.56. The smallest absolute Gasteiger partial charge is 0.335 e. The highest BCUT2D eigenvalue weighted by Gasteiger charge is 2.17. The molecule has 2 rings (SSSR count). The number of carbonyl (C=O) groups is 1. The summed E-state index contributed by atoms with van der Waals surface area (Å²) in [4.78, 5) is 11.6. The molecule has 0 amide bonds. The maximum Gasteiger partial charge on any atom is 0.335 e. The Hall–Kier alpha value is -2.13. The molecule has 0 spiro atoms. The number of rotatable bonds is 5. The zero-order valence-corrected chi connectivity index (χ0v) is 12.5. The molecule has 0 saturated heterocycles. The zero-order chi connectivity index (χ0) is 15.5. The van der Waals surface area contributed by atoms with Crippen LogP contribution in [0, 0.1) is 0 Å². The van der Waals surface area contributed by atoms with Crippen LogP contribution in [0.1, 0.15) is 25.0 Å². The van der Waals surface area contributed by atoms with Crippen molar-refractivity contribution in [2.24, 2.45) is 0 Å². The highest BCUT2D eigenvalue weighted by atomic mass is 16.5. The van der Waals surface area contributed by atoms with Crippen molar-refractivity contribution in [1.29, 1.82) is 0 Å². The highest BCUT2D eigenvalue weighted by molar-refractivity contribution is 5.74.